The first-order chi connectivity index (χ1) is 23.1. The maximum absolute atomic E-state index is 2.53. The quantitative estimate of drug-likeness (QED) is 0.168. The molecule has 3 nitrogen and oxygen atoms in total. The average molecular weight is 609 g/mol. The average Bonchev–Trinajstić information content (AvgIpc) is 3.47. The Labute approximate surface area is 277 Å². The summed E-state index contributed by atoms with van der Waals surface area (Å²) in [6.45, 7) is 4.64. The predicted octanol–water partition coefficient (Wildman–Crippen LogP) is 8.43. The van der Waals surface area contributed by atoms with Crippen LogP contribution >= 0.6 is 0 Å². The summed E-state index contributed by atoms with van der Waals surface area (Å²) in [5.74, 6) is 0. The van der Waals surface area contributed by atoms with Gasteiger partial charge in [-0.25, -0.2) is 4.57 Å². The van der Waals surface area contributed by atoms with E-state index < -0.39 is 5.54 Å². The number of aromatic nitrogens is 3. The highest BCUT2D eigenvalue weighted by molar-refractivity contribution is 5.69. The van der Waals surface area contributed by atoms with Crippen molar-refractivity contribution in [2.75, 3.05) is 0 Å². The molecule has 0 amide bonds. The number of nitrogens with zero attached hydrogens (tertiary/aromatic N) is 3. The molecule has 0 fully saturated rings. The zero-order valence-corrected chi connectivity index (χ0v) is 27.1. The van der Waals surface area contributed by atoms with Gasteiger partial charge < -0.3 is 0 Å². The lowest BCUT2D eigenvalue weighted by Gasteiger charge is -2.31. The van der Waals surface area contributed by atoms with Crippen molar-refractivity contribution >= 4 is 0 Å². The van der Waals surface area contributed by atoms with E-state index in [9.17, 15) is 0 Å². The van der Waals surface area contributed by atoms with Gasteiger partial charge in [0.2, 0.25) is 17.1 Å². The Bertz CT molecular complexity index is 2210. The normalized spacial score (nSPS) is 14.7. The Balaban J connectivity index is 1.43. The highest BCUT2D eigenvalue weighted by atomic mass is 15.2. The first-order valence-corrected chi connectivity index (χ1v) is 16.4. The molecule has 0 bridgehead atoms. The fraction of sp³-hybridized carbons (Fsp3) is 0.114. The summed E-state index contributed by atoms with van der Waals surface area (Å²) in [6, 6.07) is 55.0. The van der Waals surface area contributed by atoms with Crippen LogP contribution in [0.25, 0.3) is 44.9 Å². The van der Waals surface area contributed by atoms with Crippen molar-refractivity contribution in [1.82, 2.24) is 0 Å². The van der Waals surface area contributed by atoms with Gasteiger partial charge in [-0.3, -0.25) is 0 Å². The van der Waals surface area contributed by atoms with Gasteiger partial charge in [0, 0.05) is 59.5 Å². The van der Waals surface area contributed by atoms with Crippen LogP contribution in [0.2, 0.25) is 0 Å². The van der Waals surface area contributed by atoms with E-state index in [4.69, 9.17) is 0 Å². The summed E-state index contributed by atoms with van der Waals surface area (Å²) < 4.78 is 7.30. The number of benzene rings is 4. The van der Waals surface area contributed by atoms with Crippen molar-refractivity contribution in [3.63, 3.8) is 0 Å². The minimum atomic E-state index is -0.548. The summed E-state index contributed by atoms with van der Waals surface area (Å²) in [5.41, 5.74) is 13.0. The lowest BCUT2D eigenvalue weighted by Crippen LogP contribution is -2.65. The molecular formula is C44H38N3+3. The van der Waals surface area contributed by atoms with Gasteiger partial charge in [-0.2, -0.15) is 9.13 Å². The number of hydrogen-bond donors (Lipinski definition) is 0. The highest BCUT2D eigenvalue weighted by Crippen LogP contribution is 2.46. The van der Waals surface area contributed by atoms with Gasteiger partial charge in [0.15, 0.2) is 18.6 Å². The summed E-state index contributed by atoms with van der Waals surface area (Å²) in [4.78, 5) is 0. The molecule has 3 aromatic heterocycles. The molecule has 2 unspecified atom stereocenters. The van der Waals surface area contributed by atoms with Crippen LogP contribution in [0.1, 0.15) is 29.7 Å². The Kier molecular flexibility index (Phi) is 7.10. The number of fused-ring (bicyclic) bond motifs is 3. The predicted molar refractivity (Wildman–Crippen MR) is 188 cm³/mol. The number of pyridine rings is 3. The van der Waals surface area contributed by atoms with E-state index in [-0.39, 0.29) is 6.04 Å². The largest absolute Gasteiger partial charge is 0.257 e. The van der Waals surface area contributed by atoms with Crippen molar-refractivity contribution in [1.29, 1.82) is 0 Å². The van der Waals surface area contributed by atoms with Gasteiger partial charge >= 0.3 is 0 Å². The first kappa shape index (κ1) is 28.8. The van der Waals surface area contributed by atoms with Gasteiger partial charge in [-0.1, -0.05) is 84.9 Å². The Morgan fingerprint density at radius 1 is 0.511 bits per heavy atom. The third kappa shape index (κ3) is 4.70. The lowest BCUT2D eigenvalue weighted by atomic mass is 9.77. The number of aryl methyl sites for hydroxylation is 2. The van der Waals surface area contributed by atoms with E-state index in [1.807, 2.05) is 0 Å². The summed E-state index contributed by atoms with van der Waals surface area (Å²) in [5, 5.41) is 0. The molecule has 0 saturated heterocycles. The fourth-order valence-electron chi connectivity index (χ4n) is 7.77. The third-order valence-electron chi connectivity index (χ3n) is 10.0. The van der Waals surface area contributed by atoms with Gasteiger partial charge in [-0.15, -0.1) is 0 Å². The molecule has 0 saturated carbocycles. The maximum Gasteiger partial charge on any atom is 0.257 e. The van der Waals surface area contributed by atoms with E-state index in [0.717, 1.165) is 0 Å². The molecule has 0 spiro atoms. The number of hydrogen-bond acceptors (Lipinski definition) is 0. The molecule has 1 aliphatic heterocycles. The van der Waals surface area contributed by atoms with Crippen molar-refractivity contribution in [2.24, 2.45) is 7.05 Å². The molecule has 0 N–H and O–H groups in total. The van der Waals surface area contributed by atoms with Crippen molar-refractivity contribution in [2.45, 2.75) is 25.4 Å². The SMILES string of the molecule is Cc1ccccc1-c1cccc[n+]1C(C)(c1ccccc1-c1ccc(-c2ccccc2)c[n+]1C)C1c2ccccc2-c2cccc[n+]21. The van der Waals surface area contributed by atoms with Crippen LogP contribution in [0.5, 0.6) is 0 Å². The van der Waals surface area contributed by atoms with Crippen LogP contribution in [-0.4, -0.2) is 0 Å². The molecule has 7 aromatic rings. The van der Waals surface area contributed by atoms with E-state index >= 15 is 0 Å². The monoisotopic (exact) mass is 608 g/mol. The van der Waals surface area contributed by atoms with Crippen LogP contribution in [0.15, 0.2) is 170 Å². The minimum absolute atomic E-state index is 0.0138. The third-order valence-corrected chi connectivity index (χ3v) is 10.0. The van der Waals surface area contributed by atoms with Crippen molar-refractivity contribution in [3.8, 4) is 44.9 Å². The lowest BCUT2D eigenvalue weighted by molar-refractivity contribution is -0.820. The van der Waals surface area contributed by atoms with Crippen LogP contribution in [0, 0.1) is 6.92 Å². The van der Waals surface area contributed by atoms with E-state index in [2.05, 4.69) is 205 Å². The van der Waals surface area contributed by atoms with Crippen LogP contribution in [0.3, 0.4) is 0 Å². The van der Waals surface area contributed by atoms with E-state index in [1.165, 1.54) is 61.6 Å². The molecule has 0 aliphatic carbocycles. The molecule has 226 valence electrons. The van der Waals surface area contributed by atoms with Gasteiger partial charge in [-0.05, 0) is 54.4 Å². The molecule has 0 radical (unpaired) electrons. The Morgan fingerprint density at radius 2 is 1.15 bits per heavy atom. The maximum atomic E-state index is 2.53. The van der Waals surface area contributed by atoms with Crippen molar-refractivity contribution in [3.05, 3.63) is 187 Å². The highest BCUT2D eigenvalue weighted by Gasteiger charge is 2.58. The Morgan fingerprint density at radius 3 is 1.94 bits per heavy atom. The second-order valence-corrected chi connectivity index (χ2v) is 12.7. The van der Waals surface area contributed by atoms with Crippen molar-refractivity contribution < 1.29 is 13.7 Å². The minimum Gasteiger partial charge on any atom is -0.200 e. The van der Waals surface area contributed by atoms with Crippen LogP contribution in [-0.2, 0) is 12.6 Å². The first-order valence-electron chi connectivity index (χ1n) is 16.4. The Hall–Kier alpha value is -5.67. The fourth-order valence-corrected chi connectivity index (χ4v) is 7.77. The van der Waals surface area contributed by atoms with Gasteiger partial charge in [0.25, 0.3) is 11.6 Å². The van der Waals surface area contributed by atoms with Gasteiger partial charge in [0.05, 0.1) is 11.1 Å². The van der Waals surface area contributed by atoms with E-state index in [0.29, 0.717) is 0 Å². The van der Waals surface area contributed by atoms with Crippen LogP contribution < -0.4 is 13.7 Å². The molecule has 2 atom stereocenters. The molecule has 4 heterocycles. The molecular weight excluding hydrogens is 571 g/mol. The zero-order chi connectivity index (χ0) is 32.0. The topological polar surface area (TPSA) is 11.6 Å². The molecule has 8 rings (SSSR count). The number of rotatable bonds is 6. The van der Waals surface area contributed by atoms with E-state index in [1.54, 1.807) is 0 Å². The molecule has 4 aromatic carbocycles. The zero-order valence-electron chi connectivity index (χ0n) is 27.1. The van der Waals surface area contributed by atoms with Gasteiger partial charge in [0.1, 0.15) is 7.05 Å². The standard InChI is InChI=1S/C44H38N3/c1-32-17-7-8-20-35(32)42-26-14-16-30-47(42)44(2,43-37-22-10-9-21-36(37)41-25-13-15-29-46(41)43)39-24-12-11-23-38(39)40-28-27-34(31-45(40)3)33-18-5-4-6-19-33/h4-31,43H,1-3H3/q+3. The second kappa shape index (κ2) is 11.6. The summed E-state index contributed by atoms with van der Waals surface area (Å²) in [7, 11) is 2.17. The molecule has 47 heavy (non-hydrogen) atoms. The molecule has 1 aliphatic rings. The smallest absolute Gasteiger partial charge is 0.200 e. The summed E-state index contributed by atoms with van der Waals surface area (Å²) >= 11 is 0. The summed E-state index contributed by atoms with van der Waals surface area (Å²) in [6.07, 6.45) is 6.79. The second-order valence-electron chi connectivity index (χ2n) is 12.7. The van der Waals surface area contributed by atoms with Crippen LogP contribution in [0.4, 0.5) is 0 Å². The molecule has 3 heteroatoms.